The molecular weight excluding hydrogens is 289 g/mol. The summed E-state index contributed by atoms with van der Waals surface area (Å²) in [6, 6.07) is 1.83. The third-order valence-electron chi connectivity index (χ3n) is 2.71. The molecule has 0 unspecified atom stereocenters. The maximum atomic E-state index is 6.07. The third kappa shape index (κ3) is 3.61. The number of anilines is 1. The van der Waals surface area contributed by atoms with Crippen LogP contribution in [0, 0.1) is 0 Å². The molecule has 1 rings (SSSR count). The lowest BCUT2D eigenvalue weighted by Crippen LogP contribution is -2.44. The zero-order valence-corrected chi connectivity index (χ0v) is 12.4. The Labute approximate surface area is 110 Å². The van der Waals surface area contributed by atoms with Gasteiger partial charge in [0, 0.05) is 22.8 Å². The van der Waals surface area contributed by atoms with Crippen LogP contribution in [0.2, 0.25) is 5.02 Å². The van der Waals surface area contributed by atoms with Crippen LogP contribution in [-0.4, -0.2) is 36.1 Å². The van der Waals surface area contributed by atoms with E-state index in [4.69, 9.17) is 11.6 Å². The van der Waals surface area contributed by atoms with E-state index >= 15 is 0 Å². The normalized spacial score (nSPS) is 11.9. The molecule has 5 heteroatoms. The first-order valence-electron chi connectivity index (χ1n) is 5.05. The summed E-state index contributed by atoms with van der Waals surface area (Å²) in [4.78, 5) is 6.39. The lowest BCUT2D eigenvalue weighted by Gasteiger charge is -2.32. The van der Waals surface area contributed by atoms with Crippen LogP contribution < -0.4 is 5.32 Å². The van der Waals surface area contributed by atoms with Crippen LogP contribution in [0.25, 0.3) is 0 Å². The monoisotopic (exact) mass is 305 g/mol. The quantitative estimate of drug-likeness (QED) is 0.925. The summed E-state index contributed by atoms with van der Waals surface area (Å²) in [6.45, 7) is 5.11. The van der Waals surface area contributed by atoms with Crippen molar-refractivity contribution in [1.82, 2.24) is 9.88 Å². The van der Waals surface area contributed by atoms with Crippen LogP contribution in [0.1, 0.15) is 13.8 Å². The first-order chi connectivity index (χ1) is 7.33. The minimum absolute atomic E-state index is 0.0537. The fourth-order valence-electron chi connectivity index (χ4n) is 1.00. The number of rotatable bonds is 4. The average Bonchev–Trinajstić information content (AvgIpc) is 2.16. The average molecular weight is 307 g/mol. The molecule has 1 N–H and O–H groups in total. The standard InChI is InChI=1S/C11H17BrClN3/c1-11(2,16(3)4)7-15-10-9(13)5-8(12)6-14-10/h5-6H,7H2,1-4H3,(H,14,15). The van der Waals surface area contributed by atoms with Crippen molar-refractivity contribution in [2.45, 2.75) is 19.4 Å². The van der Waals surface area contributed by atoms with E-state index in [1.165, 1.54) is 0 Å². The molecule has 1 aromatic heterocycles. The van der Waals surface area contributed by atoms with E-state index in [1.807, 2.05) is 6.07 Å². The summed E-state index contributed by atoms with van der Waals surface area (Å²) in [5.41, 5.74) is 0.0537. The Morgan fingerprint density at radius 1 is 1.50 bits per heavy atom. The summed E-state index contributed by atoms with van der Waals surface area (Å²) in [7, 11) is 4.11. The van der Waals surface area contributed by atoms with Crippen molar-refractivity contribution in [3.63, 3.8) is 0 Å². The molecule has 0 saturated carbocycles. The summed E-state index contributed by atoms with van der Waals surface area (Å²) in [6.07, 6.45) is 1.73. The number of hydrogen-bond acceptors (Lipinski definition) is 3. The zero-order valence-electron chi connectivity index (χ0n) is 10.0. The van der Waals surface area contributed by atoms with E-state index < -0.39 is 0 Å². The van der Waals surface area contributed by atoms with E-state index in [-0.39, 0.29) is 5.54 Å². The van der Waals surface area contributed by atoms with Gasteiger partial charge in [0.15, 0.2) is 0 Å². The number of aromatic nitrogens is 1. The Morgan fingerprint density at radius 3 is 2.62 bits per heavy atom. The molecule has 90 valence electrons. The Hall–Kier alpha value is -0.320. The second-order valence-electron chi connectivity index (χ2n) is 4.54. The third-order valence-corrected chi connectivity index (χ3v) is 3.43. The van der Waals surface area contributed by atoms with Gasteiger partial charge in [-0.3, -0.25) is 0 Å². The molecule has 0 fully saturated rings. The van der Waals surface area contributed by atoms with Crippen LogP contribution in [-0.2, 0) is 0 Å². The Kier molecular flexibility index (Phi) is 4.59. The highest BCUT2D eigenvalue weighted by Crippen LogP contribution is 2.23. The van der Waals surface area contributed by atoms with Gasteiger partial charge in [-0.2, -0.15) is 0 Å². The number of nitrogens with one attached hydrogen (secondary N) is 1. The van der Waals surface area contributed by atoms with Gasteiger partial charge in [0.1, 0.15) is 5.82 Å². The van der Waals surface area contributed by atoms with E-state index in [9.17, 15) is 0 Å². The van der Waals surface area contributed by atoms with Gasteiger partial charge in [0.25, 0.3) is 0 Å². The Bertz CT molecular complexity index is 366. The second kappa shape index (κ2) is 5.34. The van der Waals surface area contributed by atoms with Gasteiger partial charge >= 0.3 is 0 Å². The molecule has 0 spiro atoms. The smallest absolute Gasteiger partial charge is 0.144 e. The maximum Gasteiger partial charge on any atom is 0.144 e. The summed E-state index contributed by atoms with van der Waals surface area (Å²) < 4.78 is 0.884. The molecule has 1 heterocycles. The van der Waals surface area contributed by atoms with Crippen LogP contribution in [0.15, 0.2) is 16.7 Å². The van der Waals surface area contributed by atoms with Gasteiger partial charge in [-0.25, -0.2) is 4.98 Å². The molecule has 0 radical (unpaired) electrons. The predicted molar refractivity (Wildman–Crippen MR) is 73.2 cm³/mol. The van der Waals surface area contributed by atoms with E-state index in [2.05, 4.69) is 59.1 Å². The van der Waals surface area contributed by atoms with E-state index in [1.54, 1.807) is 6.20 Å². The van der Waals surface area contributed by atoms with Gasteiger partial charge < -0.3 is 10.2 Å². The molecule has 0 aliphatic rings. The second-order valence-corrected chi connectivity index (χ2v) is 5.87. The topological polar surface area (TPSA) is 28.2 Å². The fraction of sp³-hybridized carbons (Fsp3) is 0.545. The van der Waals surface area contributed by atoms with Crippen LogP contribution in [0.5, 0.6) is 0 Å². The van der Waals surface area contributed by atoms with E-state index in [0.717, 1.165) is 16.8 Å². The summed E-state index contributed by atoms with van der Waals surface area (Å²) in [5, 5.41) is 3.88. The maximum absolute atomic E-state index is 6.07. The van der Waals surface area contributed by atoms with Crippen molar-refractivity contribution in [2.24, 2.45) is 0 Å². The molecule has 1 aromatic rings. The Morgan fingerprint density at radius 2 is 2.12 bits per heavy atom. The van der Waals surface area contributed by atoms with Gasteiger partial charge in [-0.05, 0) is 49.9 Å². The van der Waals surface area contributed by atoms with Crippen molar-refractivity contribution in [2.75, 3.05) is 26.0 Å². The molecule has 16 heavy (non-hydrogen) atoms. The highest BCUT2D eigenvalue weighted by Gasteiger charge is 2.20. The van der Waals surface area contributed by atoms with Crippen LogP contribution in [0.4, 0.5) is 5.82 Å². The molecule has 0 saturated heterocycles. The molecule has 0 amide bonds. The number of likely N-dealkylation sites (N-methyl/N-ethyl adjacent to an activating group) is 1. The summed E-state index contributed by atoms with van der Waals surface area (Å²) >= 11 is 9.40. The summed E-state index contributed by atoms with van der Waals surface area (Å²) in [5.74, 6) is 0.722. The number of hydrogen-bond donors (Lipinski definition) is 1. The van der Waals surface area contributed by atoms with Crippen molar-refractivity contribution in [3.05, 3.63) is 21.8 Å². The minimum Gasteiger partial charge on any atom is -0.367 e. The number of nitrogens with zero attached hydrogens (tertiary/aromatic N) is 2. The van der Waals surface area contributed by atoms with Crippen molar-refractivity contribution in [3.8, 4) is 0 Å². The highest BCUT2D eigenvalue weighted by molar-refractivity contribution is 9.10. The van der Waals surface area contributed by atoms with Gasteiger partial charge in [0.05, 0.1) is 5.02 Å². The molecule has 0 aliphatic heterocycles. The molecule has 0 atom stereocenters. The fourth-order valence-corrected chi connectivity index (χ4v) is 1.70. The molecular formula is C11H17BrClN3. The van der Waals surface area contributed by atoms with Gasteiger partial charge in [0.2, 0.25) is 0 Å². The van der Waals surface area contributed by atoms with Crippen molar-refractivity contribution >= 4 is 33.3 Å². The number of halogens is 2. The molecule has 3 nitrogen and oxygen atoms in total. The Balaban J connectivity index is 2.68. The van der Waals surface area contributed by atoms with Crippen molar-refractivity contribution < 1.29 is 0 Å². The molecule has 0 aliphatic carbocycles. The number of pyridine rings is 1. The van der Waals surface area contributed by atoms with Crippen LogP contribution in [0.3, 0.4) is 0 Å². The lowest BCUT2D eigenvalue weighted by molar-refractivity contribution is 0.210. The predicted octanol–water partition coefficient (Wildman–Crippen LogP) is 3.25. The molecule has 0 bridgehead atoms. The SMILES string of the molecule is CN(C)C(C)(C)CNc1ncc(Br)cc1Cl. The van der Waals surface area contributed by atoms with Crippen LogP contribution >= 0.6 is 27.5 Å². The lowest BCUT2D eigenvalue weighted by atomic mass is 10.0. The first-order valence-corrected chi connectivity index (χ1v) is 6.22. The van der Waals surface area contributed by atoms with Gasteiger partial charge in [-0.15, -0.1) is 0 Å². The van der Waals surface area contributed by atoms with E-state index in [0.29, 0.717) is 5.02 Å². The van der Waals surface area contributed by atoms with Gasteiger partial charge in [-0.1, -0.05) is 11.6 Å². The highest BCUT2D eigenvalue weighted by atomic mass is 79.9. The molecule has 0 aromatic carbocycles. The van der Waals surface area contributed by atoms with Crippen molar-refractivity contribution in [1.29, 1.82) is 0 Å². The first kappa shape index (κ1) is 13.7. The minimum atomic E-state index is 0.0537. The largest absolute Gasteiger partial charge is 0.367 e. The zero-order chi connectivity index (χ0) is 12.3.